The summed E-state index contributed by atoms with van der Waals surface area (Å²) in [6, 6.07) is 10.7. The lowest BCUT2D eigenvalue weighted by Crippen LogP contribution is -2.31. The molecule has 0 saturated heterocycles. The molecule has 0 saturated carbocycles. The molecule has 0 aliphatic carbocycles. The lowest BCUT2D eigenvalue weighted by atomic mass is 10.1. The predicted molar refractivity (Wildman–Crippen MR) is 99.3 cm³/mol. The molecule has 24 heavy (non-hydrogen) atoms. The minimum Gasteiger partial charge on any atom is -0.363 e. The highest BCUT2D eigenvalue weighted by Gasteiger charge is 2.10. The van der Waals surface area contributed by atoms with Gasteiger partial charge in [-0.25, -0.2) is 0 Å². The molecule has 1 aromatic carbocycles. The van der Waals surface area contributed by atoms with Crippen LogP contribution < -0.4 is 0 Å². The highest BCUT2D eigenvalue weighted by atomic mass is 15.4. The number of hydrogen-bond donors (Lipinski definition) is 0. The first-order chi connectivity index (χ1) is 11.4. The zero-order valence-electron chi connectivity index (χ0n) is 15.5. The number of aromatic nitrogens is 3. The van der Waals surface area contributed by atoms with E-state index in [-0.39, 0.29) is 0 Å². The van der Waals surface area contributed by atoms with Crippen molar-refractivity contribution < 1.29 is 0 Å². The lowest BCUT2D eigenvalue weighted by molar-refractivity contribution is 0.349. The fourth-order valence-corrected chi connectivity index (χ4v) is 2.76. The predicted octanol–water partition coefficient (Wildman–Crippen LogP) is 3.26. The highest BCUT2D eigenvalue weighted by Crippen LogP contribution is 2.08. The third kappa shape index (κ3) is 5.80. The van der Waals surface area contributed by atoms with Crippen LogP contribution in [-0.4, -0.2) is 45.4 Å². The van der Waals surface area contributed by atoms with Gasteiger partial charge in [0.1, 0.15) is 0 Å². The van der Waals surface area contributed by atoms with E-state index in [4.69, 9.17) is 0 Å². The van der Waals surface area contributed by atoms with E-state index in [1.807, 2.05) is 10.7 Å². The van der Waals surface area contributed by atoms with E-state index in [1.165, 1.54) is 5.56 Å². The molecule has 1 aromatic heterocycles. The van der Waals surface area contributed by atoms with Gasteiger partial charge in [0.25, 0.3) is 0 Å². The second-order valence-corrected chi connectivity index (χ2v) is 6.85. The SMILES string of the molecule is CC(=NC(C)C)N(C)CC(C)Cn1cc(Cc2ccccc2)nn1. The average molecular weight is 327 g/mol. The van der Waals surface area contributed by atoms with Crippen molar-refractivity contribution in [1.82, 2.24) is 19.9 Å². The van der Waals surface area contributed by atoms with Crippen molar-refractivity contribution in [3.05, 3.63) is 47.8 Å². The maximum absolute atomic E-state index is 4.60. The van der Waals surface area contributed by atoms with Gasteiger partial charge < -0.3 is 4.90 Å². The molecule has 2 rings (SSSR count). The molecule has 1 unspecified atom stereocenters. The molecule has 0 aliphatic rings. The topological polar surface area (TPSA) is 46.3 Å². The van der Waals surface area contributed by atoms with Crippen LogP contribution in [0.15, 0.2) is 41.5 Å². The minimum atomic E-state index is 0.332. The van der Waals surface area contributed by atoms with Crippen molar-refractivity contribution in [1.29, 1.82) is 0 Å². The van der Waals surface area contributed by atoms with Gasteiger partial charge in [-0.05, 0) is 32.3 Å². The molecule has 0 bridgehead atoms. The minimum absolute atomic E-state index is 0.332. The highest BCUT2D eigenvalue weighted by molar-refractivity contribution is 5.79. The largest absolute Gasteiger partial charge is 0.363 e. The van der Waals surface area contributed by atoms with Crippen molar-refractivity contribution in [2.24, 2.45) is 10.9 Å². The van der Waals surface area contributed by atoms with Crippen LogP contribution in [0.25, 0.3) is 0 Å². The molecule has 0 fully saturated rings. The Bertz CT molecular complexity index is 645. The van der Waals surface area contributed by atoms with Crippen LogP contribution in [-0.2, 0) is 13.0 Å². The standard InChI is InChI=1S/C19H29N5/c1-15(2)20-17(4)23(5)12-16(3)13-24-14-19(21-22-24)11-18-9-7-6-8-10-18/h6-10,14-16H,11-13H2,1-5H3. The molecule has 5 nitrogen and oxygen atoms in total. The summed E-state index contributed by atoms with van der Waals surface area (Å²) in [4.78, 5) is 6.81. The molecule has 0 radical (unpaired) electrons. The van der Waals surface area contributed by atoms with Crippen LogP contribution >= 0.6 is 0 Å². The van der Waals surface area contributed by atoms with Gasteiger partial charge in [-0.15, -0.1) is 5.10 Å². The summed E-state index contributed by atoms with van der Waals surface area (Å²) < 4.78 is 1.95. The Kier molecular flexibility index (Phi) is 6.53. The Labute approximate surface area is 145 Å². The third-order valence-corrected chi connectivity index (χ3v) is 3.90. The van der Waals surface area contributed by atoms with E-state index in [1.54, 1.807) is 0 Å². The van der Waals surface area contributed by atoms with Gasteiger partial charge in [-0.1, -0.05) is 42.5 Å². The molecule has 0 amide bonds. The molecule has 1 atom stereocenters. The molecule has 0 aliphatic heterocycles. The van der Waals surface area contributed by atoms with Crippen molar-refractivity contribution >= 4 is 5.84 Å². The molecule has 5 heteroatoms. The van der Waals surface area contributed by atoms with Gasteiger partial charge >= 0.3 is 0 Å². The van der Waals surface area contributed by atoms with E-state index in [9.17, 15) is 0 Å². The van der Waals surface area contributed by atoms with Crippen molar-refractivity contribution in [3.8, 4) is 0 Å². The van der Waals surface area contributed by atoms with Crippen LogP contribution in [0.5, 0.6) is 0 Å². The molecular weight excluding hydrogens is 298 g/mol. The van der Waals surface area contributed by atoms with E-state index < -0.39 is 0 Å². The third-order valence-electron chi connectivity index (χ3n) is 3.90. The Hall–Kier alpha value is -2.17. The van der Waals surface area contributed by atoms with Gasteiger partial charge in [0.05, 0.1) is 11.5 Å². The summed E-state index contributed by atoms with van der Waals surface area (Å²) in [5.41, 5.74) is 2.28. The maximum Gasteiger partial charge on any atom is 0.0958 e. The van der Waals surface area contributed by atoms with Gasteiger partial charge in [-0.3, -0.25) is 9.67 Å². The number of aliphatic imine (C=N–C) groups is 1. The van der Waals surface area contributed by atoms with Gasteiger partial charge in [-0.2, -0.15) is 0 Å². The first kappa shape index (κ1) is 18.2. The smallest absolute Gasteiger partial charge is 0.0958 e. The van der Waals surface area contributed by atoms with Gasteiger partial charge in [0.2, 0.25) is 0 Å². The second kappa shape index (κ2) is 8.62. The number of rotatable bonds is 7. The number of amidine groups is 1. The van der Waals surface area contributed by atoms with Crippen LogP contribution in [0.3, 0.4) is 0 Å². The summed E-state index contributed by atoms with van der Waals surface area (Å²) in [5, 5.41) is 8.56. The lowest BCUT2D eigenvalue weighted by Gasteiger charge is -2.23. The zero-order chi connectivity index (χ0) is 17.5. The summed E-state index contributed by atoms with van der Waals surface area (Å²) >= 11 is 0. The summed E-state index contributed by atoms with van der Waals surface area (Å²) in [5.74, 6) is 1.55. The monoisotopic (exact) mass is 327 g/mol. The molecule has 130 valence electrons. The fourth-order valence-electron chi connectivity index (χ4n) is 2.76. The number of hydrogen-bond acceptors (Lipinski definition) is 3. The molecule has 2 aromatic rings. The van der Waals surface area contributed by atoms with Gasteiger partial charge in [0.15, 0.2) is 0 Å². The molecule has 1 heterocycles. The van der Waals surface area contributed by atoms with Gasteiger partial charge in [0, 0.05) is 38.8 Å². The van der Waals surface area contributed by atoms with Crippen molar-refractivity contribution in [2.45, 2.75) is 46.7 Å². The van der Waals surface area contributed by atoms with E-state index in [2.05, 4.69) is 85.4 Å². The van der Waals surface area contributed by atoms with E-state index >= 15 is 0 Å². The first-order valence-corrected chi connectivity index (χ1v) is 8.62. The summed E-state index contributed by atoms with van der Waals surface area (Å²) in [6.45, 7) is 10.3. The summed E-state index contributed by atoms with van der Waals surface area (Å²) in [7, 11) is 2.10. The summed E-state index contributed by atoms with van der Waals surface area (Å²) in [6.07, 6.45) is 2.88. The Morgan fingerprint density at radius 3 is 2.58 bits per heavy atom. The second-order valence-electron chi connectivity index (χ2n) is 6.85. The maximum atomic E-state index is 4.60. The Morgan fingerprint density at radius 2 is 1.92 bits per heavy atom. The van der Waals surface area contributed by atoms with Crippen LogP contribution in [0, 0.1) is 5.92 Å². The first-order valence-electron chi connectivity index (χ1n) is 8.62. The van der Waals surface area contributed by atoms with Crippen molar-refractivity contribution in [2.75, 3.05) is 13.6 Å². The fraction of sp³-hybridized carbons (Fsp3) is 0.526. The molecule has 0 N–H and O–H groups in total. The van der Waals surface area contributed by atoms with Crippen molar-refractivity contribution in [3.63, 3.8) is 0 Å². The van der Waals surface area contributed by atoms with E-state index in [0.717, 1.165) is 31.0 Å². The quantitative estimate of drug-likeness (QED) is 0.579. The Morgan fingerprint density at radius 1 is 1.21 bits per heavy atom. The Balaban J connectivity index is 1.87. The van der Waals surface area contributed by atoms with E-state index in [0.29, 0.717) is 12.0 Å². The van der Waals surface area contributed by atoms with Crippen LogP contribution in [0.1, 0.15) is 39.0 Å². The molecule has 0 spiro atoms. The number of nitrogens with zero attached hydrogens (tertiary/aromatic N) is 5. The molecular formula is C19H29N5. The zero-order valence-corrected chi connectivity index (χ0v) is 15.5. The normalized spacial score (nSPS) is 13.3. The van der Waals surface area contributed by atoms with Crippen LogP contribution in [0.2, 0.25) is 0 Å². The number of benzene rings is 1. The van der Waals surface area contributed by atoms with Crippen LogP contribution in [0.4, 0.5) is 0 Å². The average Bonchev–Trinajstić information content (AvgIpc) is 2.94.